The molecule has 0 aliphatic carbocycles. The van der Waals surface area contributed by atoms with Crippen LogP contribution in [0.3, 0.4) is 0 Å². The van der Waals surface area contributed by atoms with E-state index in [0.29, 0.717) is 24.5 Å². The minimum Gasteiger partial charge on any atom is -0.465 e. The van der Waals surface area contributed by atoms with Crippen LogP contribution in [0, 0.1) is 0 Å². The Bertz CT molecular complexity index is 857. The predicted molar refractivity (Wildman–Crippen MR) is 97.9 cm³/mol. The normalized spacial score (nSPS) is 12.0. The Kier molecular flexibility index (Phi) is 6.41. The third kappa shape index (κ3) is 4.72. The van der Waals surface area contributed by atoms with Gasteiger partial charge in [-0.15, -0.1) is 0 Å². The van der Waals surface area contributed by atoms with E-state index >= 15 is 0 Å². The number of carbonyl (C=O) groups is 1. The Morgan fingerprint density at radius 1 is 1.28 bits per heavy atom. The predicted octanol–water partition coefficient (Wildman–Crippen LogP) is 3.62. The molecule has 0 fully saturated rings. The number of anilines is 1. The van der Waals surface area contributed by atoms with Crippen LogP contribution in [-0.2, 0) is 14.8 Å². The quantitative estimate of drug-likeness (QED) is 0.742. The summed E-state index contributed by atoms with van der Waals surface area (Å²) in [5.74, 6) is 0.126. The topological polar surface area (TPSA) is 79.6 Å². The zero-order valence-corrected chi connectivity index (χ0v) is 15.5. The monoisotopic (exact) mass is 382 g/mol. The number of amides is 1. The van der Waals surface area contributed by atoms with E-state index in [4.69, 9.17) is 16.0 Å². The summed E-state index contributed by atoms with van der Waals surface area (Å²) in [6.07, 6.45) is 4.31. The van der Waals surface area contributed by atoms with Crippen LogP contribution in [0.5, 0.6) is 0 Å². The van der Waals surface area contributed by atoms with E-state index in [1.54, 1.807) is 32.0 Å². The maximum absolute atomic E-state index is 12.6. The fraction of sp³-hybridized carbons (Fsp3) is 0.235. The number of nitrogens with zero attached hydrogens (tertiary/aromatic N) is 1. The zero-order chi connectivity index (χ0) is 18.4. The summed E-state index contributed by atoms with van der Waals surface area (Å²) in [5, 5.41) is 2.72. The molecule has 1 aromatic carbocycles. The maximum atomic E-state index is 12.6. The molecule has 6 nitrogen and oxygen atoms in total. The molecule has 0 bridgehead atoms. The highest BCUT2D eigenvalue weighted by molar-refractivity contribution is 7.89. The lowest BCUT2D eigenvalue weighted by Gasteiger charge is -2.19. The molecule has 0 unspecified atom stereocenters. The molecule has 0 aliphatic heterocycles. The van der Waals surface area contributed by atoms with Gasteiger partial charge in [-0.1, -0.05) is 25.4 Å². The highest BCUT2D eigenvalue weighted by atomic mass is 35.5. The first-order valence-electron chi connectivity index (χ1n) is 7.70. The molecule has 0 atom stereocenters. The van der Waals surface area contributed by atoms with Gasteiger partial charge in [0.2, 0.25) is 15.9 Å². The fourth-order valence-electron chi connectivity index (χ4n) is 2.21. The summed E-state index contributed by atoms with van der Waals surface area (Å²) in [5.41, 5.74) is 0.337. The average Bonchev–Trinajstić information content (AvgIpc) is 3.09. The number of nitrogens with one attached hydrogen (secondary N) is 1. The molecule has 0 spiro atoms. The lowest BCUT2D eigenvalue weighted by molar-refractivity contribution is -0.111. The lowest BCUT2D eigenvalue weighted by atomic mass is 10.3. The van der Waals surface area contributed by atoms with Gasteiger partial charge in [-0.05, 0) is 36.4 Å². The van der Waals surface area contributed by atoms with Crippen LogP contribution in [0.15, 0.2) is 52.0 Å². The highest BCUT2D eigenvalue weighted by Gasteiger charge is 2.24. The van der Waals surface area contributed by atoms with Crippen molar-refractivity contribution in [2.75, 3.05) is 18.4 Å². The van der Waals surface area contributed by atoms with Crippen molar-refractivity contribution in [2.45, 2.75) is 18.7 Å². The van der Waals surface area contributed by atoms with Crippen LogP contribution in [-0.4, -0.2) is 31.7 Å². The van der Waals surface area contributed by atoms with Crippen molar-refractivity contribution in [3.8, 4) is 0 Å². The first kappa shape index (κ1) is 19.2. The second kappa shape index (κ2) is 8.33. The van der Waals surface area contributed by atoms with Gasteiger partial charge in [0.05, 0.1) is 11.3 Å². The Labute approximate surface area is 152 Å². The van der Waals surface area contributed by atoms with Crippen LogP contribution in [0.2, 0.25) is 5.02 Å². The molecule has 0 saturated heterocycles. The van der Waals surface area contributed by atoms with Gasteiger partial charge in [-0.2, -0.15) is 4.31 Å². The molecule has 1 N–H and O–H groups in total. The summed E-state index contributed by atoms with van der Waals surface area (Å²) >= 11 is 6.06. The van der Waals surface area contributed by atoms with Gasteiger partial charge < -0.3 is 9.73 Å². The fourth-order valence-corrected chi connectivity index (χ4v) is 4.17. The zero-order valence-electron chi connectivity index (χ0n) is 13.9. The minimum absolute atomic E-state index is 0.0364. The van der Waals surface area contributed by atoms with Gasteiger partial charge in [-0.25, -0.2) is 8.42 Å². The number of hydrogen-bond donors (Lipinski definition) is 1. The first-order valence-corrected chi connectivity index (χ1v) is 9.52. The standard InChI is InChI=1S/C17H19ClN2O4S/c1-3-20(4-2)25(22,23)16-12-13(7-9-15(16)18)19-17(21)10-8-14-6-5-11-24-14/h5-12H,3-4H2,1-2H3,(H,19,21)/b10-8+. The molecule has 134 valence electrons. The Balaban J connectivity index is 2.22. The van der Waals surface area contributed by atoms with Crippen LogP contribution in [0.4, 0.5) is 5.69 Å². The molecule has 25 heavy (non-hydrogen) atoms. The van der Waals surface area contributed by atoms with Crippen molar-refractivity contribution in [2.24, 2.45) is 0 Å². The van der Waals surface area contributed by atoms with Crippen molar-refractivity contribution in [3.05, 3.63) is 53.5 Å². The van der Waals surface area contributed by atoms with Gasteiger partial charge in [-0.3, -0.25) is 4.79 Å². The number of furan rings is 1. The Hall–Kier alpha value is -2.09. The van der Waals surface area contributed by atoms with E-state index in [1.807, 2.05) is 0 Å². The smallest absolute Gasteiger partial charge is 0.248 e. The highest BCUT2D eigenvalue weighted by Crippen LogP contribution is 2.27. The maximum Gasteiger partial charge on any atom is 0.248 e. The van der Waals surface area contributed by atoms with Gasteiger partial charge in [0.25, 0.3) is 0 Å². The van der Waals surface area contributed by atoms with Crippen molar-refractivity contribution < 1.29 is 17.6 Å². The van der Waals surface area contributed by atoms with E-state index in [-0.39, 0.29) is 9.92 Å². The van der Waals surface area contributed by atoms with E-state index in [9.17, 15) is 13.2 Å². The third-order valence-corrected chi connectivity index (χ3v) is 6.00. The third-order valence-electron chi connectivity index (χ3n) is 3.46. The molecule has 1 aromatic heterocycles. The van der Waals surface area contributed by atoms with Crippen molar-refractivity contribution in [1.82, 2.24) is 4.31 Å². The molecule has 1 amide bonds. The minimum atomic E-state index is -3.72. The van der Waals surface area contributed by atoms with Gasteiger partial charge in [0.15, 0.2) is 0 Å². The molecule has 8 heteroatoms. The van der Waals surface area contributed by atoms with Crippen LogP contribution >= 0.6 is 11.6 Å². The van der Waals surface area contributed by atoms with Gasteiger partial charge >= 0.3 is 0 Å². The number of rotatable bonds is 7. The lowest BCUT2D eigenvalue weighted by Crippen LogP contribution is -2.30. The van der Waals surface area contributed by atoms with Crippen LogP contribution in [0.1, 0.15) is 19.6 Å². The number of halogens is 1. The summed E-state index contributed by atoms with van der Waals surface area (Å²) in [4.78, 5) is 11.9. The molecular formula is C17H19ClN2O4S. The Morgan fingerprint density at radius 3 is 2.60 bits per heavy atom. The molecule has 2 aromatic rings. The van der Waals surface area contributed by atoms with Crippen molar-refractivity contribution >= 4 is 39.3 Å². The first-order chi connectivity index (χ1) is 11.9. The van der Waals surface area contributed by atoms with Crippen LogP contribution in [0.25, 0.3) is 6.08 Å². The number of carbonyl (C=O) groups excluding carboxylic acids is 1. The Morgan fingerprint density at radius 2 is 2.00 bits per heavy atom. The summed E-state index contributed by atoms with van der Waals surface area (Å²) in [6, 6.07) is 7.77. The largest absolute Gasteiger partial charge is 0.465 e. The van der Waals surface area contributed by atoms with E-state index in [2.05, 4.69) is 5.32 Å². The van der Waals surface area contributed by atoms with Crippen LogP contribution < -0.4 is 5.32 Å². The summed E-state index contributed by atoms with van der Waals surface area (Å²) < 4.78 is 31.7. The van der Waals surface area contributed by atoms with E-state index in [1.165, 1.54) is 34.9 Å². The van der Waals surface area contributed by atoms with Gasteiger partial charge in [0, 0.05) is 24.9 Å². The molecule has 1 heterocycles. The molecule has 0 radical (unpaired) electrons. The van der Waals surface area contributed by atoms with Crippen molar-refractivity contribution in [1.29, 1.82) is 0 Å². The number of hydrogen-bond acceptors (Lipinski definition) is 4. The average molecular weight is 383 g/mol. The molecule has 0 aliphatic rings. The second-order valence-electron chi connectivity index (χ2n) is 5.07. The molecule has 0 saturated carbocycles. The number of sulfonamides is 1. The summed E-state index contributed by atoms with van der Waals surface area (Å²) in [7, 11) is -3.72. The van der Waals surface area contributed by atoms with Gasteiger partial charge in [0.1, 0.15) is 10.7 Å². The number of benzene rings is 1. The van der Waals surface area contributed by atoms with Crippen molar-refractivity contribution in [3.63, 3.8) is 0 Å². The molecular weight excluding hydrogens is 364 g/mol. The SMILES string of the molecule is CCN(CC)S(=O)(=O)c1cc(NC(=O)/C=C/c2ccco2)ccc1Cl. The summed E-state index contributed by atoms with van der Waals surface area (Å²) in [6.45, 7) is 4.16. The molecule has 2 rings (SSSR count). The second-order valence-corrected chi connectivity index (χ2v) is 7.39. The van der Waals surface area contributed by atoms with E-state index < -0.39 is 15.9 Å². The van der Waals surface area contributed by atoms with E-state index in [0.717, 1.165) is 0 Å².